The summed E-state index contributed by atoms with van der Waals surface area (Å²) in [6.07, 6.45) is 87.4. The number of carbonyl (C=O) groups excluding carboxylic acids is 3. The van der Waals surface area contributed by atoms with Gasteiger partial charge in [-0.25, -0.2) is 0 Å². The van der Waals surface area contributed by atoms with E-state index in [9.17, 15) is 14.4 Å². The molecule has 6 heteroatoms. The second-order valence-electron chi connectivity index (χ2n) is 24.9. The quantitative estimate of drug-likeness (QED) is 0.0261. The Labute approximate surface area is 506 Å². The first-order valence-electron chi connectivity index (χ1n) is 36.5. The molecule has 0 bridgehead atoms. The maximum absolute atomic E-state index is 13.0. The molecular formula is C75H140O6. The Bertz CT molecular complexity index is 1350. The number of carbonyl (C=O) groups is 3. The first-order valence-corrected chi connectivity index (χ1v) is 36.5. The number of allylic oxidation sites excluding steroid dienone is 6. The lowest BCUT2D eigenvalue weighted by Gasteiger charge is -2.18. The molecule has 0 aliphatic rings. The van der Waals surface area contributed by atoms with Gasteiger partial charge in [0.05, 0.1) is 0 Å². The lowest BCUT2D eigenvalue weighted by Crippen LogP contribution is -2.30. The summed E-state index contributed by atoms with van der Waals surface area (Å²) < 4.78 is 17.0. The molecule has 0 heterocycles. The van der Waals surface area contributed by atoms with Gasteiger partial charge < -0.3 is 14.2 Å². The number of hydrogen-bond donors (Lipinski definition) is 0. The summed E-state index contributed by atoms with van der Waals surface area (Å²) in [4.78, 5) is 38.5. The van der Waals surface area contributed by atoms with Gasteiger partial charge in [0.15, 0.2) is 6.10 Å². The highest BCUT2D eigenvalue weighted by Gasteiger charge is 2.19. The molecule has 0 aliphatic heterocycles. The van der Waals surface area contributed by atoms with Crippen LogP contribution in [0.1, 0.15) is 406 Å². The molecule has 1 atom stereocenters. The monoisotopic (exact) mass is 1140 g/mol. The van der Waals surface area contributed by atoms with Crippen molar-refractivity contribution in [2.45, 2.75) is 412 Å². The van der Waals surface area contributed by atoms with Crippen LogP contribution < -0.4 is 0 Å². The maximum Gasteiger partial charge on any atom is 0.306 e. The zero-order valence-corrected chi connectivity index (χ0v) is 54.8. The first kappa shape index (κ1) is 78.6. The molecule has 0 aromatic carbocycles. The van der Waals surface area contributed by atoms with Crippen LogP contribution in [0, 0.1) is 0 Å². The fraction of sp³-hybridized carbons (Fsp3) is 0.880. The summed E-state index contributed by atoms with van der Waals surface area (Å²) in [6, 6.07) is 0. The van der Waals surface area contributed by atoms with Crippen molar-refractivity contribution in [1.82, 2.24) is 0 Å². The Morgan fingerprint density at radius 1 is 0.247 bits per heavy atom. The van der Waals surface area contributed by atoms with Crippen LogP contribution in [0.5, 0.6) is 0 Å². The SMILES string of the molecule is CCCCCCC/C=C\C/C=C\CCCCCCCCCCCC(=O)OC(COC(=O)CCCCCCCCC/C=C\CCCCCCCCC)COC(=O)CCCCCCCCCCCCCCCCCCCCCCCCCC. The first-order chi connectivity index (χ1) is 40.0. The van der Waals surface area contributed by atoms with E-state index < -0.39 is 6.10 Å². The zero-order valence-electron chi connectivity index (χ0n) is 54.8. The van der Waals surface area contributed by atoms with Crippen molar-refractivity contribution in [3.63, 3.8) is 0 Å². The Balaban J connectivity index is 4.30. The summed E-state index contributed by atoms with van der Waals surface area (Å²) in [5.41, 5.74) is 0. The van der Waals surface area contributed by atoms with Crippen molar-refractivity contribution in [1.29, 1.82) is 0 Å². The van der Waals surface area contributed by atoms with E-state index in [1.54, 1.807) is 0 Å². The van der Waals surface area contributed by atoms with Crippen LogP contribution in [-0.2, 0) is 28.6 Å². The highest BCUT2D eigenvalue weighted by atomic mass is 16.6. The van der Waals surface area contributed by atoms with Crippen LogP contribution in [-0.4, -0.2) is 37.2 Å². The standard InChI is InChI=1S/C75H140O6/c1-4-7-10-13-16-19-22-25-28-31-34-36-37-38-40-41-44-47-50-53-56-59-62-65-68-74(77)80-71-72(70-79-73(76)67-64-61-58-55-52-49-46-43-33-30-27-24-21-18-15-12-9-6-3)81-75(78)69-66-63-60-57-54-51-48-45-42-39-35-32-29-26-23-20-17-14-11-8-5-2/h23,26,30,32-33,35,72H,4-22,24-25,27-29,31,34,36-71H2,1-3H3/b26-23-,33-30-,35-32-. The molecule has 0 amide bonds. The molecule has 476 valence electrons. The smallest absolute Gasteiger partial charge is 0.306 e. The van der Waals surface area contributed by atoms with Gasteiger partial charge in [0.25, 0.3) is 0 Å². The number of ether oxygens (including phenoxy) is 3. The summed E-state index contributed by atoms with van der Waals surface area (Å²) in [5, 5.41) is 0. The molecule has 0 aliphatic carbocycles. The average Bonchev–Trinajstić information content (AvgIpc) is 3.47. The van der Waals surface area contributed by atoms with E-state index in [1.165, 1.54) is 302 Å². The van der Waals surface area contributed by atoms with Crippen molar-refractivity contribution < 1.29 is 28.6 Å². The highest BCUT2D eigenvalue weighted by molar-refractivity contribution is 5.71. The van der Waals surface area contributed by atoms with E-state index in [4.69, 9.17) is 14.2 Å². The molecule has 0 fully saturated rings. The molecule has 0 saturated heterocycles. The van der Waals surface area contributed by atoms with Crippen molar-refractivity contribution >= 4 is 17.9 Å². The second kappa shape index (κ2) is 70.1. The van der Waals surface area contributed by atoms with Crippen molar-refractivity contribution in [3.05, 3.63) is 36.5 Å². The van der Waals surface area contributed by atoms with E-state index in [2.05, 4.69) is 57.2 Å². The van der Waals surface area contributed by atoms with Crippen molar-refractivity contribution in [3.8, 4) is 0 Å². The Hall–Kier alpha value is -2.37. The molecular weight excluding hydrogens is 997 g/mol. The lowest BCUT2D eigenvalue weighted by molar-refractivity contribution is -0.167. The molecule has 0 N–H and O–H groups in total. The van der Waals surface area contributed by atoms with E-state index in [1.807, 2.05) is 0 Å². The second-order valence-corrected chi connectivity index (χ2v) is 24.9. The minimum absolute atomic E-state index is 0.0703. The third-order valence-corrected chi connectivity index (χ3v) is 16.6. The normalized spacial score (nSPS) is 12.2. The fourth-order valence-corrected chi connectivity index (χ4v) is 11.1. The van der Waals surface area contributed by atoms with E-state index in [0.717, 1.165) is 64.2 Å². The Morgan fingerprint density at radius 3 is 0.691 bits per heavy atom. The highest BCUT2D eigenvalue weighted by Crippen LogP contribution is 2.19. The van der Waals surface area contributed by atoms with Crippen LogP contribution in [0.2, 0.25) is 0 Å². The van der Waals surface area contributed by atoms with E-state index in [-0.39, 0.29) is 31.1 Å². The summed E-state index contributed by atoms with van der Waals surface area (Å²) in [7, 11) is 0. The predicted octanol–water partition coefficient (Wildman–Crippen LogP) is 25.1. The molecule has 81 heavy (non-hydrogen) atoms. The Morgan fingerprint density at radius 2 is 0.444 bits per heavy atom. The van der Waals surface area contributed by atoms with Crippen molar-refractivity contribution in [2.75, 3.05) is 13.2 Å². The molecule has 0 aromatic heterocycles. The van der Waals surface area contributed by atoms with Gasteiger partial charge in [-0.05, 0) is 77.0 Å². The zero-order chi connectivity index (χ0) is 58.5. The number of unbranched alkanes of at least 4 members (excludes halogenated alkanes) is 51. The van der Waals surface area contributed by atoms with Crippen LogP contribution in [0.3, 0.4) is 0 Å². The van der Waals surface area contributed by atoms with Gasteiger partial charge in [0.2, 0.25) is 0 Å². The van der Waals surface area contributed by atoms with Crippen LogP contribution in [0.15, 0.2) is 36.5 Å². The molecule has 0 rings (SSSR count). The molecule has 0 radical (unpaired) electrons. The molecule has 1 unspecified atom stereocenters. The molecule has 6 nitrogen and oxygen atoms in total. The third-order valence-electron chi connectivity index (χ3n) is 16.6. The van der Waals surface area contributed by atoms with E-state index in [0.29, 0.717) is 19.3 Å². The average molecular weight is 1140 g/mol. The third kappa shape index (κ3) is 68.3. The number of hydrogen-bond acceptors (Lipinski definition) is 6. The van der Waals surface area contributed by atoms with Crippen LogP contribution in [0.4, 0.5) is 0 Å². The summed E-state index contributed by atoms with van der Waals surface area (Å²) in [5.74, 6) is -0.848. The van der Waals surface area contributed by atoms with Crippen LogP contribution >= 0.6 is 0 Å². The van der Waals surface area contributed by atoms with E-state index >= 15 is 0 Å². The molecule has 0 saturated carbocycles. The lowest BCUT2D eigenvalue weighted by atomic mass is 10.0. The predicted molar refractivity (Wildman–Crippen MR) is 353 cm³/mol. The fourth-order valence-electron chi connectivity index (χ4n) is 11.1. The van der Waals surface area contributed by atoms with Gasteiger partial charge in [-0.15, -0.1) is 0 Å². The van der Waals surface area contributed by atoms with Crippen LogP contribution in [0.25, 0.3) is 0 Å². The topological polar surface area (TPSA) is 78.9 Å². The number of rotatable bonds is 68. The Kier molecular flexibility index (Phi) is 68.1. The minimum atomic E-state index is -0.776. The van der Waals surface area contributed by atoms with Gasteiger partial charge in [0, 0.05) is 19.3 Å². The van der Waals surface area contributed by atoms with Gasteiger partial charge in [0.1, 0.15) is 13.2 Å². The minimum Gasteiger partial charge on any atom is -0.462 e. The number of esters is 3. The van der Waals surface area contributed by atoms with Crippen molar-refractivity contribution in [2.24, 2.45) is 0 Å². The largest absolute Gasteiger partial charge is 0.462 e. The van der Waals surface area contributed by atoms with Gasteiger partial charge in [-0.3, -0.25) is 14.4 Å². The van der Waals surface area contributed by atoms with Gasteiger partial charge in [-0.1, -0.05) is 346 Å². The van der Waals surface area contributed by atoms with Gasteiger partial charge in [-0.2, -0.15) is 0 Å². The van der Waals surface area contributed by atoms with Gasteiger partial charge >= 0.3 is 17.9 Å². The summed E-state index contributed by atoms with van der Waals surface area (Å²) in [6.45, 7) is 6.70. The molecule has 0 aromatic rings. The maximum atomic E-state index is 13.0. The molecule has 0 spiro atoms. The summed E-state index contributed by atoms with van der Waals surface area (Å²) >= 11 is 0.